The highest BCUT2D eigenvalue weighted by molar-refractivity contribution is 7.13. The molecule has 23 heavy (non-hydrogen) atoms. The fourth-order valence-corrected chi connectivity index (χ4v) is 3.25. The zero-order valence-corrected chi connectivity index (χ0v) is 14.2. The Bertz CT molecular complexity index is 876. The smallest absolute Gasteiger partial charge is 0.252 e. The normalized spacial score (nSPS) is 10.6. The van der Waals surface area contributed by atoms with Crippen LogP contribution in [0, 0.1) is 6.92 Å². The van der Waals surface area contributed by atoms with Gasteiger partial charge in [0, 0.05) is 35.9 Å². The second-order valence-electron chi connectivity index (χ2n) is 5.00. The molecular weight excluding hydrogens is 330 g/mol. The summed E-state index contributed by atoms with van der Waals surface area (Å²) in [6, 6.07) is 7.31. The molecule has 0 aliphatic heterocycles. The van der Waals surface area contributed by atoms with E-state index in [1.54, 1.807) is 25.4 Å². The van der Waals surface area contributed by atoms with Crippen LogP contribution in [0.2, 0.25) is 5.02 Å². The first-order chi connectivity index (χ1) is 11.1. The van der Waals surface area contributed by atoms with Gasteiger partial charge in [-0.1, -0.05) is 17.7 Å². The van der Waals surface area contributed by atoms with Gasteiger partial charge in [-0.25, -0.2) is 4.98 Å². The lowest BCUT2D eigenvalue weighted by atomic mass is 10.1. The molecule has 1 aromatic carbocycles. The molecular formula is C17H14ClN3OS. The molecule has 0 saturated heterocycles. The number of nitrogens with one attached hydrogen (secondary N) is 1. The molecule has 0 spiro atoms. The molecule has 0 aliphatic carbocycles. The zero-order chi connectivity index (χ0) is 16.4. The number of pyridine rings is 1. The van der Waals surface area contributed by atoms with Gasteiger partial charge in [0.05, 0.1) is 16.3 Å². The quantitative estimate of drug-likeness (QED) is 0.775. The second-order valence-corrected chi connectivity index (χ2v) is 6.27. The van der Waals surface area contributed by atoms with E-state index in [9.17, 15) is 4.79 Å². The first-order valence-electron chi connectivity index (χ1n) is 6.98. The monoisotopic (exact) mass is 343 g/mol. The number of amides is 1. The lowest BCUT2D eigenvalue weighted by Crippen LogP contribution is -2.18. The summed E-state index contributed by atoms with van der Waals surface area (Å²) >= 11 is 7.62. The first-order valence-corrected chi connectivity index (χ1v) is 8.24. The molecule has 0 radical (unpaired) electrons. The van der Waals surface area contributed by atoms with E-state index in [1.807, 2.05) is 30.6 Å². The fraction of sp³-hybridized carbons (Fsp3) is 0.118. The molecule has 1 N–H and O–H groups in total. The second kappa shape index (κ2) is 6.48. The van der Waals surface area contributed by atoms with Crippen LogP contribution >= 0.6 is 22.9 Å². The number of thiazole rings is 1. The molecule has 0 atom stereocenters. The lowest BCUT2D eigenvalue weighted by molar-refractivity contribution is 0.0963. The number of hydrogen-bond acceptors (Lipinski definition) is 4. The Morgan fingerprint density at radius 1 is 1.30 bits per heavy atom. The van der Waals surface area contributed by atoms with E-state index in [2.05, 4.69) is 15.3 Å². The fourth-order valence-electron chi connectivity index (χ4n) is 2.23. The molecule has 4 nitrogen and oxygen atoms in total. The number of benzene rings is 1. The Morgan fingerprint density at radius 2 is 2.13 bits per heavy atom. The number of aryl methyl sites for hydroxylation is 1. The Morgan fingerprint density at radius 3 is 2.87 bits per heavy atom. The van der Waals surface area contributed by atoms with Crippen LogP contribution in [0.5, 0.6) is 0 Å². The molecule has 2 aromatic heterocycles. The number of hydrogen-bond donors (Lipinski definition) is 1. The van der Waals surface area contributed by atoms with Crippen molar-refractivity contribution in [2.45, 2.75) is 6.92 Å². The van der Waals surface area contributed by atoms with Crippen molar-refractivity contribution in [1.82, 2.24) is 15.3 Å². The third-order valence-corrected chi connectivity index (χ3v) is 4.73. The van der Waals surface area contributed by atoms with Gasteiger partial charge in [-0.2, -0.15) is 0 Å². The van der Waals surface area contributed by atoms with Crippen molar-refractivity contribution in [1.29, 1.82) is 0 Å². The molecule has 116 valence electrons. The average molecular weight is 344 g/mol. The summed E-state index contributed by atoms with van der Waals surface area (Å²) in [5.41, 5.74) is 4.33. The van der Waals surface area contributed by atoms with Gasteiger partial charge >= 0.3 is 0 Å². The largest absolute Gasteiger partial charge is 0.355 e. The van der Waals surface area contributed by atoms with Gasteiger partial charge < -0.3 is 5.32 Å². The molecule has 3 rings (SSSR count). The minimum Gasteiger partial charge on any atom is -0.355 e. The van der Waals surface area contributed by atoms with Crippen molar-refractivity contribution in [3.05, 3.63) is 58.2 Å². The molecule has 1 amide bonds. The average Bonchev–Trinajstić information content (AvgIpc) is 3.05. The Balaban J connectivity index is 2.01. The maximum Gasteiger partial charge on any atom is 0.252 e. The molecule has 0 unspecified atom stereocenters. The molecule has 0 fully saturated rings. The summed E-state index contributed by atoms with van der Waals surface area (Å²) in [6.07, 6.45) is 3.58. The topological polar surface area (TPSA) is 54.9 Å². The third kappa shape index (κ3) is 3.11. The van der Waals surface area contributed by atoms with E-state index in [4.69, 9.17) is 11.6 Å². The standard InChI is InChI=1S/C17H14ClN3OS/c1-10-5-6-20-8-13(10)15-9-23-17(21-15)11-3-4-14(18)12(7-11)16(22)19-2/h3-9H,1-2H3,(H,19,22). The summed E-state index contributed by atoms with van der Waals surface area (Å²) in [4.78, 5) is 20.7. The zero-order valence-electron chi connectivity index (χ0n) is 12.6. The van der Waals surface area contributed by atoms with Crippen molar-refractivity contribution in [2.75, 3.05) is 7.05 Å². The van der Waals surface area contributed by atoms with Gasteiger partial charge in [0.1, 0.15) is 5.01 Å². The lowest BCUT2D eigenvalue weighted by Gasteiger charge is -2.05. The van der Waals surface area contributed by atoms with Crippen LogP contribution in [-0.2, 0) is 0 Å². The van der Waals surface area contributed by atoms with E-state index >= 15 is 0 Å². The van der Waals surface area contributed by atoms with Crippen LogP contribution in [-0.4, -0.2) is 22.9 Å². The number of halogens is 1. The summed E-state index contributed by atoms with van der Waals surface area (Å²) < 4.78 is 0. The van der Waals surface area contributed by atoms with Gasteiger partial charge in [-0.05, 0) is 30.7 Å². The van der Waals surface area contributed by atoms with Crippen molar-refractivity contribution in [3.63, 3.8) is 0 Å². The van der Waals surface area contributed by atoms with Gasteiger partial charge in [0.25, 0.3) is 5.91 Å². The number of aromatic nitrogens is 2. The molecule has 0 saturated carbocycles. The van der Waals surface area contributed by atoms with E-state index in [-0.39, 0.29) is 5.91 Å². The number of rotatable bonds is 3. The van der Waals surface area contributed by atoms with Gasteiger partial charge in [0.2, 0.25) is 0 Å². The predicted octanol–water partition coefficient (Wildman–Crippen LogP) is 4.19. The van der Waals surface area contributed by atoms with Crippen LogP contribution in [0.3, 0.4) is 0 Å². The van der Waals surface area contributed by atoms with E-state index < -0.39 is 0 Å². The highest BCUT2D eigenvalue weighted by Gasteiger charge is 2.13. The SMILES string of the molecule is CNC(=O)c1cc(-c2nc(-c3cnccc3C)cs2)ccc1Cl. The molecule has 0 aliphatic rings. The number of carbonyl (C=O) groups excluding carboxylic acids is 1. The van der Waals surface area contributed by atoms with Crippen molar-refractivity contribution in [2.24, 2.45) is 0 Å². The Kier molecular flexibility index (Phi) is 4.41. The Hall–Kier alpha value is -2.24. The highest BCUT2D eigenvalue weighted by Crippen LogP contribution is 2.31. The first kappa shape index (κ1) is 15.6. The van der Waals surface area contributed by atoms with Gasteiger partial charge in [-0.15, -0.1) is 11.3 Å². The maximum atomic E-state index is 11.9. The van der Waals surface area contributed by atoms with Crippen molar-refractivity contribution < 1.29 is 4.79 Å². The van der Waals surface area contributed by atoms with Crippen molar-refractivity contribution >= 4 is 28.8 Å². The van der Waals surface area contributed by atoms with Gasteiger partial charge in [-0.3, -0.25) is 9.78 Å². The van der Waals surface area contributed by atoms with E-state index in [0.717, 1.165) is 27.4 Å². The third-order valence-electron chi connectivity index (χ3n) is 3.50. The molecule has 2 heterocycles. The van der Waals surface area contributed by atoms with E-state index in [0.29, 0.717) is 10.6 Å². The van der Waals surface area contributed by atoms with Crippen LogP contribution < -0.4 is 5.32 Å². The molecule has 0 bridgehead atoms. The Labute approximate surface area is 143 Å². The highest BCUT2D eigenvalue weighted by atomic mass is 35.5. The predicted molar refractivity (Wildman–Crippen MR) is 93.9 cm³/mol. The number of carbonyl (C=O) groups is 1. The minimum atomic E-state index is -0.211. The number of nitrogens with zero attached hydrogens (tertiary/aromatic N) is 2. The molecule has 6 heteroatoms. The van der Waals surface area contributed by atoms with Crippen molar-refractivity contribution in [3.8, 4) is 21.8 Å². The molecule has 3 aromatic rings. The van der Waals surface area contributed by atoms with Crippen LogP contribution in [0.1, 0.15) is 15.9 Å². The summed E-state index contributed by atoms with van der Waals surface area (Å²) in [7, 11) is 1.58. The summed E-state index contributed by atoms with van der Waals surface area (Å²) in [6.45, 7) is 2.03. The van der Waals surface area contributed by atoms with E-state index in [1.165, 1.54) is 11.3 Å². The van der Waals surface area contributed by atoms with Crippen LogP contribution in [0.15, 0.2) is 42.0 Å². The summed E-state index contributed by atoms with van der Waals surface area (Å²) in [5, 5.41) is 5.85. The maximum absolute atomic E-state index is 11.9. The van der Waals surface area contributed by atoms with Crippen LogP contribution in [0.25, 0.3) is 21.8 Å². The van der Waals surface area contributed by atoms with Gasteiger partial charge in [0.15, 0.2) is 0 Å². The summed E-state index contributed by atoms with van der Waals surface area (Å²) in [5.74, 6) is -0.211. The minimum absolute atomic E-state index is 0.211. The van der Waals surface area contributed by atoms with Crippen LogP contribution in [0.4, 0.5) is 0 Å².